The molecule has 0 aliphatic heterocycles. The van der Waals surface area contributed by atoms with Crippen LogP contribution < -0.4 is 5.09 Å². The monoisotopic (exact) mass is 381 g/mol. The number of nitrogens with one attached hydrogen (secondary N) is 1. The summed E-state index contributed by atoms with van der Waals surface area (Å²) in [5, 5.41) is 5.53. The SMILES string of the molecule is C=CCN(CC=C)P(=O)(Nc1ccc2ccccc2c1)N(CC=C)CC=C. The number of benzene rings is 2. The van der Waals surface area contributed by atoms with E-state index in [4.69, 9.17) is 0 Å². The van der Waals surface area contributed by atoms with Crippen molar-refractivity contribution in [1.82, 2.24) is 9.34 Å². The molecule has 0 saturated heterocycles. The van der Waals surface area contributed by atoms with Gasteiger partial charge in [-0.1, -0.05) is 54.6 Å². The Balaban J connectivity index is 2.49. The molecule has 0 atom stereocenters. The van der Waals surface area contributed by atoms with E-state index in [1.807, 2.05) is 45.7 Å². The zero-order valence-corrected chi connectivity index (χ0v) is 16.7. The van der Waals surface area contributed by atoms with Crippen LogP contribution in [-0.2, 0) is 4.57 Å². The maximum absolute atomic E-state index is 14.2. The van der Waals surface area contributed by atoms with E-state index in [2.05, 4.69) is 37.5 Å². The number of nitrogens with zero attached hydrogens (tertiary/aromatic N) is 2. The summed E-state index contributed by atoms with van der Waals surface area (Å²) in [5.41, 5.74) is 0.799. The van der Waals surface area contributed by atoms with Crippen molar-refractivity contribution < 1.29 is 4.57 Å². The lowest BCUT2D eigenvalue weighted by Gasteiger charge is -2.38. The van der Waals surface area contributed by atoms with Crippen LogP contribution in [0.15, 0.2) is 93.1 Å². The van der Waals surface area contributed by atoms with E-state index >= 15 is 0 Å². The van der Waals surface area contributed by atoms with Crippen LogP contribution >= 0.6 is 7.59 Å². The summed E-state index contributed by atoms with van der Waals surface area (Å²) in [6.07, 6.45) is 6.99. The molecule has 4 nitrogen and oxygen atoms in total. The Kier molecular flexibility index (Phi) is 7.81. The maximum atomic E-state index is 14.2. The molecule has 0 bridgehead atoms. The molecule has 1 N–H and O–H groups in total. The van der Waals surface area contributed by atoms with Crippen LogP contribution in [0.2, 0.25) is 0 Å². The summed E-state index contributed by atoms with van der Waals surface area (Å²) in [7, 11) is -3.17. The van der Waals surface area contributed by atoms with E-state index in [0.717, 1.165) is 16.5 Å². The lowest BCUT2D eigenvalue weighted by Crippen LogP contribution is -2.36. The third kappa shape index (κ3) is 5.08. The highest BCUT2D eigenvalue weighted by Crippen LogP contribution is 2.52. The summed E-state index contributed by atoms with van der Waals surface area (Å²) in [6.45, 7) is 17.1. The number of rotatable bonds is 12. The molecular weight excluding hydrogens is 353 g/mol. The van der Waals surface area contributed by atoms with Gasteiger partial charge in [0.1, 0.15) is 0 Å². The van der Waals surface area contributed by atoms with Crippen LogP contribution in [0, 0.1) is 0 Å². The van der Waals surface area contributed by atoms with Crippen molar-refractivity contribution in [3.63, 3.8) is 0 Å². The molecular formula is C22H28N3OP. The van der Waals surface area contributed by atoms with Gasteiger partial charge < -0.3 is 5.09 Å². The summed E-state index contributed by atoms with van der Waals surface area (Å²) < 4.78 is 17.9. The predicted octanol–water partition coefficient (Wildman–Crippen LogP) is 5.71. The van der Waals surface area contributed by atoms with Crippen LogP contribution in [-0.4, -0.2) is 35.5 Å². The zero-order chi connectivity index (χ0) is 19.7. The Morgan fingerprint density at radius 3 is 1.74 bits per heavy atom. The topological polar surface area (TPSA) is 35.6 Å². The molecule has 2 aromatic carbocycles. The normalized spacial score (nSPS) is 11.5. The van der Waals surface area contributed by atoms with E-state index in [1.54, 1.807) is 24.3 Å². The van der Waals surface area contributed by atoms with E-state index in [9.17, 15) is 4.57 Å². The quantitative estimate of drug-likeness (QED) is 0.377. The minimum Gasteiger partial charge on any atom is -0.312 e. The van der Waals surface area contributed by atoms with E-state index < -0.39 is 7.59 Å². The van der Waals surface area contributed by atoms with Crippen molar-refractivity contribution >= 4 is 24.1 Å². The van der Waals surface area contributed by atoms with E-state index in [0.29, 0.717) is 26.2 Å². The van der Waals surface area contributed by atoms with Crippen LogP contribution in [0.3, 0.4) is 0 Å². The first-order valence-electron chi connectivity index (χ1n) is 8.90. The molecule has 0 aliphatic rings. The third-order valence-electron chi connectivity index (χ3n) is 4.15. The van der Waals surface area contributed by atoms with Gasteiger partial charge in [-0.2, -0.15) is 0 Å². The highest BCUT2D eigenvalue weighted by molar-refractivity contribution is 7.60. The van der Waals surface area contributed by atoms with E-state index in [-0.39, 0.29) is 0 Å². The Bertz CT molecular complexity index is 814. The Morgan fingerprint density at radius 2 is 1.26 bits per heavy atom. The fourth-order valence-electron chi connectivity index (χ4n) is 2.94. The third-order valence-corrected chi connectivity index (χ3v) is 6.89. The molecule has 27 heavy (non-hydrogen) atoms. The number of fused-ring (bicyclic) bond motifs is 1. The molecule has 0 spiro atoms. The van der Waals surface area contributed by atoms with Crippen LogP contribution in [0.1, 0.15) is 0 Å². The molecule has 0 aromatic heterocycles. The van der Waals surface area contributed by atoms with E-state index in [1.165, 1.54) is 0 Å². The Labute approximate surface area is 162 Å². The second-order valence-electron chi connectivity index (χ2n) is 6.12. The van der Waals surface area contributed by atoms with Gasteiger partial charge in [0.2, 0.25) is 0 Å². The maximum Gasteiger partial charge on any atom is 0.309 e. The molecule has 0 saturated carbocycles. The lowest BCUT2D eigenvalue weighted by molar-refractivity contribution is 0.395. The first-order chi connectivity index (χ1) is 13.1. The average Bonchev–Trinajstić information content (AvgIpc) is 2.67. The second kappa shape index (κ2) is 10.1. The Morgan fingerprint density at radius 1 is 0.778 bits per heavy atom. The fraction of sp³-hybridized carbons (Fsp3) is 0.182. The van der Waals surface area contributed by atoms with Crippen molar-refractivity contribution in [3.8, 4) is 0 Å². The first kappa shape index (κ1) is 20.9. The molecule has 0 aliphatic carbocycles. The van der Waals surface area contributed by atoms with Crippen molar-refractivity contribution in [2.45, 2.75) is 0 Å². The van der Waals surface area contributed by atoms with Crippen molar-refractivity contribution in [2.75, 3.05) is 31.3 Å². The second-order valence-corrected chi connectivity index (χ2v) is 8.56. The first-order valence-corrected chi connectivity index (χ1v) is 10.5. The summed E-state index contributed by atoms with van der Waals surface area (Å²) in [6, 6.07) is 14.1. The number of anilines is 1. The van der Waals surface area contributed by atoms with Gasteiger partial charge in [-0.25, -0.2) is 9.34 Å². The van der Waals surface area contributed by atoms with Gasteiger partial charge >= 0.3 is 7.59 Å². The van der Waals surface area contributed by atoms with Crippen LogP contribution in [0.25, 0.3) is 10.8 Å². The van der Waals surface area contributed by atoms with Crippen LogP contribution in [0.5, 0.6) is 0 Å². The molecule has 2 rings (SSSR count). The molecule has 0 unspecified atom stereocenters. The highest BCUT2D eigenvalue weighted by atomic mass is 31.2. The van der Waals surface area contributed by atoms with Crippen molar-refractivity contribution in [2.24, 2.45) is 0 Å². The molecule has 2 aromatic rings. The molecule has 0 fully saturated rings. The molecule has 0 heterocycles. The van der Waals surface area contributed by atoms with Gasteiger partial charge in [0, 0.05) is 31.9 Å². The molecule has 142 valence electrons. The molecule has 5 heteroatoms. The summed E-state index contributed by atoms with van der Waals surface area (Å²) in [4.78, 5) is 0. The zero-order valence-electron chi connectivity index (χ0n) is 15.8. The van der Waals surface area contributed by atoms with Crippen molar-refractivity contribution in [1.29, 1.82) is 0 Å². The van der Waals surface area contributed by atoms with Gasteiger partial charge in [-0.3, -0.25) is 4.57 Å². The molecule has 0 radical (unpaired) electrons. The minimum absolute atomic E-state index is 0.467. The minimum atomic E-state index is -3.17. The average molecular weight is 381 g/mol. The summed E-state index contributed by atoms with van der Waals surface area (Å²) >= 11 is 0. The van der Waals surface area contributed by atoms with Gasteiger partial charge in [-0.15, -0.1) is 26.3 Å². The van der Waals surface area contributed by atoms with Gasteiger partial charge in [-0.05, 0) is 22.9 Å². The standard InChI is InChI=1S/C22H28N3OP/c1-5-15-24(16-6-2)27(26,25(17-7-3)18-8-4)23-22-14-13-20-11-9-10-12-21(20)19-22/h5-14,19H,1-4,15-18H2,(H,23,26). The fourth-order valence-corrected chi connectivity index (χ4v) is 5.40. The molecule has 0 amide bonds. The van der Waals surface area contributed by atoms with Gasteiger partial charge in [0.15, 0.2) is 0 Å². The smallest absolute Gasteiger partial charge is 0.309 e. The number of hydrogen-bond donors (Lipinski definition) is 1. The Hall–Kier alpha value is -2.39. The highest BCUT2D eigenvalue weighted by Gasteiger charge is 2.35. The largest absolute Gasteiger partial charge is 0.312 e. The summed E-state index contributed by atoms with van der Waals surface area (Å²) in [5.74, 6) is 0. The van der Waals surface area contributed by atoms with Gasteiger partial charge in [0.05, 0.1) is 0 Å². The number of hydrogen-bond acceptors (Lipinski definition) is 1. The van der Waals surface area contributed by atoms with Crippen LogP contribution in [0.4, 0.5) is 5.69 Å². The van der Waals surface area contributed by atoms with Crippen molar-refractivity contribution in [3.05, 3.63) is 93.1 Å². The predicted molar refractivity (Wildman–Crippen MR) is 119 cm³/mol. The lowest BCUT2D eigenvalue weighted by atomic mass is 10.1. The van der Waals surface area contributed by atoms with Gasteiger partial charge in [0.25, 0.3) is 0 Å².